The fourth-order valence-electron chi connectivity index (χ4n) is 6.01. The number of thioether (sulfide) groups is 1. The Labute approximate surface area is 191 Å². The highest BCUT2D eigenvalue weighted by molar-refractivity contribution is 7.98. The van der Waals surface area contributed by atoms with Gasteiger partial charge in [-0.25, -0.2) is 4.79 Å². The standard InChI is InChI=1S/C25H27NO5S/c1-13(22(27)14-6-4-3-5-7-14)31-25(30)19(10-11-32-2)26-23(28)20-15-8-9-16(18-12-17(15)18)21(20)24(26)29/h3-9,13,15-21H,10-12H2,1-2H3/t13-,15+,16+,17+,18+,19-,20-,21-/m1/s1. The minimum absolute atomic E-state index is 0.104. The molecule has 2 bridgehead atoms. The van der Waals surface area contributed by atoms with Crippen LogP contribution in [-0.4, -0.2) is 52.6 Å². The normalized spacial score (nSPS) is 33.5. The van der Waals surface area contributed by atoms with E-state index in [1.807, 2.05) is 12.3 Å². The molecule has 0 radical (unpaired) electrons. The first-order chi connectivity index (χ1) is 15.4. The summed E-state index contributed by atoms with van der Waals surface area (Å²) in [4.78, 5) is 53.9. The molecule has 0 unspecified atom stereocenters. The summed E-state index contributed by atoms with van der Waals surface area (Å²) in [6.45, 7) is 1.53. The van der Waals surface area contributed by atoms with Gasteiger partial charge in [-0.05, 0) is 55.4 Å². The quantitative estimate of drug-likeness (QED) is 0.261. The van der Waals surface area contributed by atoms with Crippen molar-refractivity contribution in [2.75, 3.05) is 12.0 Å². The number of Topliss-reactive ketones (excluding diaryl/α,β-unsaturated/α-hetero) is 1. The van der Waals surface area contributed by atoms with E-state index in [9.17, 15) is 19.2 Å². The molecule has 1 saturated heterocycles. The molecule has 1 aromatic carbocycles. The average molecular weight is 454 g/mol. The van der Waals surface area contributed by atoms with Crippen LogP contribution in [0.2, 0.25) is 0 Å². The summed E-state index contributed by atoms with van der Waals surface area (Å²) >= 11 is 1.54. The topological polar surface area (TPSA) is 80.8 Å². The van der Waals surface area contributed by atoms with Crippen molar-refractivity contribution in [3.8, 4) is 0 Å². The zero-order valence-corrected chi connectivity index (χ0v) is 19.0. The van der Waals surface area contributed by atoms with Crippen molar-refractivity contribution in [3.63, 3.8) is 0 Å². The number of carbonyl (C=O) groups excluding carboxylic acids is 4. The first-order valence-corrected chi connectivity index (χ1v) is 12.7. The van der Waals surface area contributed by atoms with E-state index in [0.29, 0.717) is 29.6 Å². The van der Waals surface area contributed by atoms with Crippen molar-refractivity contribution in [3.05, 3.63) is 48.0 Å². The number of ether oxygens (including phenoxy) is 1. The summed E-state index contributed by atoms with van der Waals surface area (Å²) in [5.74, 6) is -0.360. The van der Waals surface area contributed by atoms with Gasteiger partial charge >= 0.3 is 5.97 Å². The lowest BCUT2D eigenvalue weighted by molar-refractivity contribution is -0.160. The minimum Gasteiger partial charge on any atom is -0.453 e. The van der Waals surface area contributed by atoms with Gasteiger partial charge in [-0.15, -0.1) is 0 Å². The third kappa shape index (κ3) is 3.33. The Hall–Kier alpha value is -2.41. The predicted octanol–water partition coefficient (Wildman–Crippen LogP) is 2.98. The van der Waals surface area contributed by atoms with Gasteiger partial charge in [0.05, 0.1) is 11.8 Å². The van der Waals surface area contributed by atoms with Crippen LogP contribution in [0.25, 0.3) is 0 Å². The molecule has 6 rings (SSSR count). The van der Waals surface area contributed by atoms with Crippen LogP contribution in [0.4, 0.5) is 0 Å². The Bertz CT molecular complexity index is 955. The van der Waals surface area contributed by atoms with Crippen LogP contribution in [0.5, 0.6) is 0 Å². The van der Waals surface area contributed by atoms with Crippen LogP contribution in [0.15, 0.2) is 42.5 Å². The molecule has 168 valence electrons. The second kappa shape index (κ2) is 8.18. The van der Waals surface area contributed by atoms with Gasteiger partial charge in [-0.1, -0.05) is 42.5 Å². The van der Waals surface area contributed by atoms with Crippen LogP contribution < -0.4 is 0 Å². The van der Waals surface area contributed by atoms with Crippen LogP contribution in [0.1, 0.15) is 30.1 Å². The maximum atomic E-state index is 13.4. The van der Waals surface area contributed by atoms with Gasteiger partial charge < -0.3 is 4.74 Å². The number of imide groups is 1. The molecule has 4 aliphatic carbocycles. The lowest BCUT2D eigenvalue weighted by Crippen LogP contribution is -2.48. The van der Waals surface area contributed by atoms with Gasteiger partial charge in [-0.3, -0.25) is 19.3 Å². The van der Waals surface area contributed by atoms with Crippen molar-refractivity contribution in [1.82, 2.24) is 4.90 Å². The monoisotopic (exact) mass is 453 g/mol. The van der Waals surface area contributed by atoms with Crippen molar-refractivity contribution in [1.29, 1.82) is 0 Å². The zero-order chi connectivity index (χ0) is 22.6. The first-order valence-electron chi connectivity index (χ1n) is 11.3. The minimum atomic E-state index is -0.998. The molecular weight excluding hydrogens is 426 g/mol. The van der Waals surface area contributed by atoms with Crippen LogP contribution >= 0.6 is 11.8 Å². The van der Waals surface area contributed by atoms with Gasteiger partial charge in [0.25, 0.3) is 0 Å². The Kier molecular flexibility index (Phi) is 5.48. The van der Waals surface area contributed by atoms with Gasteiger partial charge in [0.2, 0.25) is 17.6 Å². The second-order valence-electron chi connectivity index (χ2n) is 9.31. The van der Waals surface area contributed by atoms with Crippen LogP contribution in [-0.2, 0) is 19.1 Å². The van der Waals surface area contributed by atoms with Gasteiger partial charge in [0.15, 0.2) is 6.10 Å². The third-order valence-electron chi connectivity index (χ3n) is 7.60. The van der Waals surface area contributed by atoms with Gasteiger partial charge in [-0.2, -0.15) is 11.8 Å². The smallest absolute Gasteiger partial charge is 0.330 e. The number of benzene rings is 1. The number of amides is 2. The van der Waals surface area contributed by atoms with Crippen molar-refractivity contribution in [2.24, 2.45) is 35.5 Å². The first kappa shape index (κ1) is 21.4. The fourth-order valence-corrected chi connectivity index (χ4v) is 6.47. The summed E-state index contributed by atoms with van der Waals surface area (Å²) in [6.07, 6.45) is 6.55. The second-order valence-corrected chi connectivity index (χ2v) is 10.3. The molecule has 5 aliphatic rings. The molecule has 1 aromatic rings. The maximum absolute atomic E-state index is 13.4. The largest absolute Gasteiger partial charge is 0.453 e. The number of nitrogens with zero attached hydrogens (tertiary/aromatic N) is 1. The van der Waals surface area contributed by atoms with Crippen LogP contribution in [0.3, 0.4) is 0 Å². The Balaban J connectivity index is 1.36. The number of likely N-dealkylation sites (tertiary alicyclic amines) is 1. The highest BCUT2D eigenvalue weighted by atomic mass is 32.2. The highest BCUT2D eigenvalue weighted by Gasteiger charge is 2.68. The van der Waals surface area contributed by atoms with E-state index in [0.717, 1.165) is 6.42 Å². The van der Waals surface area contributed by atoms with E-state index in [4.69, 9.17) is 4.74 Å². The lowest BCUT2D eigenvalue weighted by Gasteiger charge is -2.37. The third-order valence-corrected chi connectivity index (χ3v) is 8.24. The summed E-state index contributed by atoms with van der Waals surface area (Å²) in [5, 5.41) is 0. The molecule has 6 nitrogen and oxygen atoms in total. The summed E-state index contributed by atoms with van der Waals surface area (Å²) in [7, 11) is 0. The number of hydrogen-bond donors (Lipinski definition) is 0. The van der Waals surface area contributed by atoms with Crippen molar-refractivity contribution >= 4 is 35.3 Å². The molecule has 1 aliphatic heterocycles. The van der Waals surface area contributed by atoms with E-state index in [-0.39, 0.29) is 41.3 Å². The predicted molar refractivity (Wildman–Crippen MR) is 120 cm³/mol. The molecule has 7 heteroatoms. The molecule has 3 fully saturated rings. The molecule has 2 saturated carbocycles. The number of ketones is 1. The summed E-state index contributed by atoms with van der Waals surface area (Å²) < 4.78 is 5.53. The molecule has 0 N–H and O–H groups in total. The molecule has 1 heterocycles. The van der Waals surface area contributed by atoms with Gasteiger partial charge in [0.1, 0.15) is 6.04 Å². The SMILES string of the molecule is CSCC[C@H](C(=O)O[C@H](C)C(=O)c1ccccc1)N1C(=O)[C@@H]2[C@H]3C=C[C@@H]([C@@H]4C[C@@H]34)[C@H]2C1=O. The number of rotatable bonds is 8. The average Bonchev–Trinajstić information content (AvgIpc) is 3.59. The Morgan fingerprint density at radius 2 is 1.66 bits per heavy atom. The van der Waals surface area contributed by atoms with E-state index in [1.54, 1.807) is 36.0 Å². The lowest BCUT2D eigenvalue weighted by atomic mass is 9.63. The molecule has 0 spiro atoms. The summed E-state index contributed by atoms with van der Waals surface area (Å²) in [6, 6.07) is 7.66. The van der Waals surface area contributed by atoms with Gasteiger partial charge in [0, 0.05) is 5.56 Å². The fraction of sp³-hybridized carbons (Fsp3) is 0.520. The molecule has 2 amide bonds. The summed E-state index contributed by atoms with van der Waals surface area (Å²) in [5.41, 5.74) is 0.453. The molecule has 32 heavy (non-hydrogen) atoms. The number of allylic oxidation sites excluding steroid dienone is 2. The maximum Gasteiger partial charge on any atom is 0.330 e. The number of esters is 1. The van der Waals surface area contributed by atoms with Crippen molar-refractivity contribution < 1.29 is 23.9 Å². The molecule has 8 atom stereocenters. The van der Waals surface area contributed by atoms with Crippen LogP contribution in [0, 0.1) is 35.5 Å². The van der Waals surface area contributed by atoms with E-state index in [1.165, 1.54) is 11.8 Å². The van der Waals surface area contributed by atoms with E-state index >= 15 is 0 Å². The number of carbonyl (C=O) groups is 4. The number of hydrogen-bond acceptors (Lipinski definition) is 6. The Morgan fingerprint density at radius 3 is 2.22 bits per heavy atom. The molecule has 0 aromatic heterocycles. The zero-order valence-electron chi connectivity index (χ0n) is 18.2. The Morgan fingerprint density at radius 1 is 1.06 bits per heavy atom. The van der Waals surface area contributed by atoms with E-state index < -0.39 is 18.1 Å². The highest BCUT2D eigenvalue weighted by Crippen LogP contribution is 2.65. The van der Waals surface area contributed by atoms with Crippen molar-refractivity contribution in [2.45, 2.75) is 31.9 Å². The molecular formula is C25H27NO5S. The van der Waals surface area contributed by atoms with E-state index in [2.05, 4.69) is 12.2 Å².